The first-order chi connectivity index (χ1) is 10.8. The summed E-state index contributed by atoms with van der Waals surface area (Å²) in [5, 5.41) is 0.325. The first kappa shape index (κ1) is 15.0. The van der Waals surface area contributed by atoms with Crippen molar-refractivity contribution in [3.8, 4) is 5.75 Å². The van der Waals surface area contributed by atoms with Crippen LogP contribution in [0.1, 0.15) is 27.8 Å². The second-order valence-corrected chi connectivity index (χ2v) is 6.47. The first-order valence-corrected chi connectivity index (χ1v) is 8.42. The van der Waals surface area contributed by atoms with Crippen molar-refractivity contribution >= 4 is 17.7 Å². The monoisotopic (exact) mass is 317 g/mol. The molecule has 2 heterocycles. The van der Waals surface area contributed by atoms with Crippen molar-refractivity contribution in [1.29, 1.82) is 0 Å². The summed E-state index contributed by atoms with van der Waals surface area (Å²) in [6.45, 7) is 1.48. The highest BCUT2D eigenvalue weighted by Crippen LogP contribution is 2.35. The number of benzene rings is 1. The molecule has 1 aromatic carbocycles. The number of hydrogen-bond acceptors (Lipinski definition) is 4. The smallest absolute Gasteiger partial charge is 0.257 e. The molecule has 0 saturated carbocycles. The van der Waals surface area contributed by atoms with Gasteiger partial charge in [0, 0.05) is 18.8 Å². The Morgan fingerprint density at radius 2 is 2.14 bits per heavy atom. The number of rotatable bonds is 3. The Hall–Kier alpha value is -1.88. The molecular formula is C17H19NO3S. The van der Waals surface area contributed by atoms with Crippen LogP contribution in [0.25, 0.3) is 0 Å². The number of nitrogens with zero attached hydrogens (tertiary/aromatic N) is 1. The minimum atomic E-state index is 0.0399. The van der Waals surface area contributed by atoms with Crippen LogP contribution in [0.15, 0.2) is 47.1 Å². The lowest BCUT2D eigenvalue weighted by Crippen LogP contribution is -2.33. The van der Waals surface area contributed by atoms with E-state index in [0.29, 0.717) is 16.6 Å². The molecular weight excluding hydrogens is 298 g/mol. The summed E-state index contributed by atoms with van der Waals surface area (Å²) in [6, 6.07) is 11.3. The Bertz CT molecular complexity index is 627. The van der Waals surface area contributed by atoms with Crippen molar-refractivity contribution in [1.82, 2.24) is 4.90 Å². The van der Waals surface area contributed by atoms with Gasteiger partial charge in [-0.2, -0.15) is 0 Å². The van der Waals surface area contributed by atoms with Crippen molar-refractivity contribution in [2.24, 2.45) is 0 Å². The number of amides is 1. The molecule has 1 aromatic heterocycles. The third-order valence-corrected chi connectivity index (χ3v) is 5.12. The topological polar surface area (TPSA) is 42.7 Å². The molecule has 4 nitrogen and oxygen atoms in total. The maximum Gasteiger partial charge on any atom is 0.257 e. The van der Waals surface area contributed by atoms with Gasteiger partial charge in [-0.1, -0.05) is 12.1 Å². The Morgan fingerprint density at radius 3 is 2.91 bits per heavy atom. The molecule has 3 rings (SSSR count). The molecule has 1 saturated heterocycles. The van der Waals surface area contributed by atoms with E-state index in [1.807, 2.05) is 53.1 Å². The number of thioether (sulfide) groups is 1. The zero-order chi connectivity index (χ0) is 15.4. The van der Waals surface area contributed by atoms with E-state index in [4.69, 9.17) is 9.15 Å². The Labute approximate surface area is 134 Å². The van der Waals surface area contributed by atoms with E-state index < -0.39 is 0 Å². The highest BCUT2D eigenvalue weighted by molar-refractivity contribution is 7.99. The molecule has 1 fully saturated rings. The van der Waals surface area contributed by atoms with Crippen molar-refractivity contribution in [3.63, 3.8) is 0 Å². The molecule has 1 aliphatic heterocycles. The predicted octanol–water partition coefficient (Wildman–Crippen LogP) is 3.61. The average Bonchev–Trinajstić information content (AvgIpc) is 2.99. The van der Waals surface area contributed by atoms with Gasteiger partial charge in [-0.25, -0.2) is 0 Å². The number of para-hydroxylation sites is 1. The summed E-state index contributed by atoms with van der Waals surface area (Å²) >= 11 is 1.85. The number of ether oxygens (including phenoxy) is 1. The van der Waals surface area contributed by atoms with E-state index >= 15 is 0 Å². The third kappa shape index (κ3) is 3.14. The van der Waals surface area contributed by atoms with Gasteiger partial charge < -0.3 is 14.1 Å². The summed E-state index contributed by atoms with van der Waals surface area (Å²) in [7, 11) is 1.59. The van der Waals surface area contributed by atoms with Gasteiger partial charge in [0.25, 0.3) is 5.91 Å². The molecule has 5 heteroatoms. The predicted molar refractivity (Wildman–Crippen MR) is 87.4 cm³/mol. The number of methoxy groups -OCH3 is 1. The van der Waals surface area contributed by atoms with Gasteiger partial charge in [0.1, 0.15) is 11.5 Å². The lowest BCUT2D eigenvalue weighted by atomic mass is 10.1. The van der Waals surface area contributed by atoms with Gasteiger partial charge >= 0.3 is 0 Å². The quantitative estimate of drug-likeness (QED) is 0.867. The van der Waals surface area contributed by atoms with Gasteiger partial charge in [-0.15, -0.1) is 11.8 Å². The molecule has 0 N–H and O–H groups in total. The number of hydrogen-bond donors (Lipinski definition) is 0. The van der Waals surface area contributed by atoms with Crippen LogP contribution in [-0.2, 0) is 0 Å². The number of carbonyl (C=O) groups is 1. The van der Waals surface area contributed by atoms with Gasteiger partial charge in [-0.05, 0) is 30.7 Å². The molecule has 0 bridgehead atoms. The maximum atomic E-state index is 12.7. The SMILES string of the molecule is COc1ccccc1C(=O)N1CCSC(c2ccco2)CC1. The van der Waals surface area contributed by atoms with Crippen molar-refractivity contribution in [3.05, 3.63) is 54.0 Å². The minimum absolute atomic E-state index is 0.0399. The van der Waals surface area contributed by atoms with Crippen LogP contribution in [0.5, 0.6) is 5.75 Å². The van der Waals surface area contributed by atoms with Crippen molar-refractivity contribution in [2.45, 2.75) is 11.7 Å². The second-order valence-electron chi connectivity index (χ2n) is 5.16. The molecule has 1 aliphatic rings. The lowest BCUT2D eigenvalue weighted by molar-refractivity contribution is 0.0762. The largest absolute Gasteiger partial charge is 0.496 e. The van der Waals surface area contributed by atoms with Crippen LogP contribution in [0.2, 0.25) is 0 Å². The van der Waals surface area contributed by atoms with Crippen LogP contribution in [0.4, 0.5) is 0 Å². The van der Waals surface area contributed by atoms with E-state index in [0.717, 1.165) is 31.0 Å². The molecule has 0 spiro atoms. The molecule has 0 radical (unpaired) electrons. The van der Waals surface area contributed by atoms with Gasteiger partial charge in [0.05, 0.1) is 24.2 Å². The van der Waals surface area contributed by atoms with Crippen LogP contribution < -0.4 is 4.74 Å². The second kappa shape index (κ2) is 6.92. The van der Waals surface area contributed by atoms with E-state index in [-0.39, 0.29) is 5.91 Å². The molecule has 2 aromatic rings. The van der Waals surface area contributed by atoms with E-state index in [1.54, 1.807) is 13.4 Å². The fourth-order valence-electron chi connectivity index (χ4n) is 2.67. The lowest BCUT2D eigenvalue weighted by Gasteiger charge is -2.21. The van der Waals surface area contributed by atoms with E-state index in [1.165, 1.54) is 0 Å². The Morgan fingerprint density at radius 1 is 1.27 bits per heavy atom. The fourth-order valence-corrected chi connectivity index (χ4v) is 3.85. The molecule has 116 valence electrons. The summed E-state index contributed by atoms with van der Waals surface area (Å²) < 4.78 is 10.8. The summed E-state index contributed by atoms with van der Waals surface area (Å²) in [5.74, 6) is 2.58. The molecule has 1 atom stereocenters. The first-order valence-electron chi connectivity index (χ1n) is 7.37. The van der Waals surface area contributed by atoms with Crippen LogP contribution >= 0.6 is 11.8 Å². The third-order valence-electron chi connectivity index (χ3n) is 3.83. The van der Waals surface area contributed by atoms with Crippen LogP contribution in [0.3, 0.4) is 0 Å². The summed E-state index contributed by atoms with van der Waals surface area (Å²) in [4.78, 5) is 14.6. The summed E-state index contributed by atoms with van der Waals surface area (Å²) in [6.07, 6.45) is 2.61. The molecule has 0 aliphatic carbocycles. The number of furan rings is 1. The fraction of sp³-hybridized carbons (Fsp3) is 0.353. The van der Waals surface area contributed by atoms with Crippen LogP contribution in [0, 0.1) is 0 Å². The van der Waals surface area contributed by atoms with E-state index in [2.05, 4.69) is 0 Å². The standard InChI is InChI=1S/C17H19NO3S/c1-20-14-6-3-2-5-13(14)17(19)18-9-8-16(22-12-10-18)15-7-4-11-21-15/h2-7,11,16H,8-10,12H2,1H3. The van der Waals surface area contributed by atoms with Gasteiger partial charge in [0.2, 0.25) is 0 Å². The highest BCUT2D eigenvalue weighted by atomic mass is 32.2. The minimum Gasteiger partial charge on any atom is -0.496 e. The van der Waals surface area contributed by atoms with Gasteiger partial charge in [0.15, 0.2) is 0 Å². The average molecular weight is 317 g/mol. The normalized spacial score (nSPS) is 18.8. The summed E-state index contributed by atoms with van der Waals surface area (Å²) in [5.41, 5.74) is 0.631. The molecule has 1 unspecified atom stereocenters. The zero-order valence-corrected chi connectivity index (χ0v) is 13.3. The highest BCUT2D eigenvalue weighted by Gasteiger charge is 2.25. The van der Waals surface area contributed by atoms with Gasteiger partial charge in [-0.3, -0.25) is 4.79 Å². The van der Waals surface area contributed by atoms with Crippen LogP contribution in [-0.4, -0.2) is 36.8 Å². The van der Waals surface area contributed by atoms with Crippen molar-refractivity contribution in [2.75, 3.05) is 26.0 Å². The van der Waals surface area contributed by atoms with Crippen molar-refractivity contribution < 1.29 is 13.9 Å². The zero-order valence-electron chi connectivity index (χ0n) is 12.5. The molecule has 22 heavy (non-hydrogen) atoms. The number of carbonyl (C=O) groups excluding carboxylic acids is 1. The Balaban J connectivity index is 1.71. The van der Waals surface area contributed by atoms with E-state index in [9.17, 15) is 4.79 Å². The maximum absolute atomic E-state index is 12.7. The molecule has 1 amide bonds. The Kier molecular flexibility index (Phi) is 4.73.